The van der Waals surface area contributed by atoms with Crippen LogP contribution in [0, 0.1) is 0 Å². The summed E-state index contributed by atoms with van der Waals surface area (Å²) in [5.74, 6) is 1.37. The lowest BCUT2D eigenvalue weighted by Gasteiger charge is -2.29. The molecule has 0 nitrogen and oxygen atoms in total. The van der Waals surface area contributed by atoms with Crippen molar-refractivity contribution in [2.45, 2.75) is 52.4 Å². The minimum absolute atomic E-state index is 0.685. The van der Waals surface area contributed by atoms with E-state index in [1.165, 1.54) is 12.8 Å². The van der Waals surface area contributed by atoms with Gasteiger partial charge in [-0.25, -0.2) is 0 Å². The van der Waals surface area contributed by atoms with E-state index in [0.717, 1.165) is 0 Å². The van der Waals surface area contributed by atoms with Gasteiger partial charge in [0.1, 0.15) is 0 Å². The molecule has 0 radical (unpaired) electrons. The van der Waals surface area contributed by atoms with E-state index in [1.807, 2.05) is 0 Å². The molecule has 0 N–H and O–H groups in total. The Morgan fingerprint density at radius 2 is 1.14 bits per heavy atom. The summed E-state index contributed by atoms with van der Waals surface area (Å²) in [6.07, 6.45) is 2.62. The van der Waals surface area contributed by atoms with Crippen LogP contribution in [0.5, 0.6) is 0 Å². The van der Waals surface area contributed by atoms with Gasteiger partial charge in [0.25, 0.3) is 0 Å². The van der Waals surface area contributed by atoms with Crippen LogP contribution in [0.3, 0.4) is 0 Å². The van der Waals surface area contributed by atoms with Gasteiger partial charge in [-0.15, -0.1) is 0 Å². The summed E-state index contributed by atoms with van der Waals surface area (Å²) in [6.45, 7) is 9.18. The second-order valence-electron chi connectivity index (χ2n) is 5.01. The van der Waals surface area contributed by atoms with Gasteiger partial charge in [-0.1, -0.05) is 39.8 Å². The summed E-state index contributed by atoms with van der Waals surface area (Å²) in [5, 5.41) is 0. The van der Waals surface area contributed by atoms with Crippen LogP contribution < -0.4 is 0 Å². The van der Waals surface area contributed by atoms with E-state index in [4.69, 9.17) is 0 Å². The van der Waals surface area contributed by atoms with Crippen LogP contribution in [-0.4, -0.2) is 0 Å². The standard InChI is InChI=1S/C14H20/c1-9(2)11-5-6-12(10(3)4)14-8-7-13(11)14/h5-6,9-10H,7-8H2,1-4H3. The third-order valence-electron chi connectivity index (χ3n) is 3.37. The van der Waals surface area contributed by atoms with Crippen molar-refractivity contribution in [3.63, 3.8) is 0 Å². The number of fused-ring (bicyclic) bond motifs is 1. The molecule has 0 saturated carbocycles. The second kappa shape index (κ2) is 3.42. The summed E-state index contributed by atoms with van der Waals surface area (Å²) in [7, 11) is 0. The maximum Gasteiger partial charge on any atom is -0.0216 e. The Morgan fingerprint density at radius 3 is 1.36 bits per heavy atom. The summed E-state index contributed by atoms with van der Waals surface area (Å²) in [6, 6.07) is 4.69. The molecule has 0 aliphatic heterocycles. The van der Waals surface area contributed by atoms with Crippen LogP contribution in [0.4, 0.5) is 0 Å². The monoisotopic (exact) mass is 188 g/mol. The van der Waals surface area contributed by atoms with Crippen LogP contribution in [0.25, 0.3) is 0 Å². The topological polar surface area (TPSA) is 0 Å². The van der Waals surface area contributed by atoms with Gasteiger partial charge in [0.15, 0.2) is 0 Å². The molecule has 0 saturated heterocycles. The van der Waals surface area contributed by atoms with E-state index in [2.05, 4.69) is 39.8 Å². The van der Waals surface area contributed by atoms with E-state index in [9.17, 15) is 0 Å². The molecule has 0 amide bonds. The van der Waals surface area contributed by atoms with Crippen LogP contribution in [0.1, 0.15) is 61.8 Å². The molecule has 0 spiro atoms. The Kier molecular flexibility index (Phi) is 2.38. The van der Waals surface area contributed by atoms with Gasteiger partial charge in [0, 0.05) is 0 Å². The number of benzene rings is 1. The molecule has 1 aromatic rings. The Morgan fingerprint density at radius 1 is 0.786 bits per heavy atom. The Balaban J connectivity index is 2.48. The third-order valence-corrected chi connectivity index (χ3v) is 3.37. The van der Waals surface area contributed by atoms with Crippen LogP contribution in [0.2, 0.25) is 0 Å². The molecule has 14 heavy (non-hydrogen) atoms. The predicted octanol–water partition coefficient (Wildman–Crippen LogP) is 4.03. The van der Waals surface area contributed by atoms with E-state index in [1.54, 1.807) is 22.3 Å². The minimum Gasteiger partial charge on any atom is -0.0587 e. The van der Waals surface area contributed by atoms with Gasteiger partial charge in [-0.2, -0.15) is 0 Å². The fourth-order valence-electron chi connectivity index (χ4n) is 2.47. The van der Waals surface area contributed by atoms with Crippen LogP contribution in [0.15, 0.2) is 12.1 Å². The fraction of sp³-hybridized carbons (Fsp3) is 0.571. The quantitative estimate of drug-likeness (QED) is 0.657. The third kappa shape index (κ3) is 1.37. The zero-order chi connectivity index (χ0) is 10.3. The van der Waals surface area contributed by atoms with Gasteiger partial charge in [-0.3, -0.25) is 0 Å². The Labute approximate surface area is 87.3 Å². The van der Waals surface area contributed by atoms with Crippen LogP contribution >= 0.6 is 0 Å². The lowest BCUT2D eigenvalue weighted by Crippen LogP contribution is -2.16. The average Bonchev–Trinajstić information content (AvgIpc) is 2.04. The first-order chi connectivity index (χ1) is 6.61. The van der Waals surface area contributed by atoms with Crippen molar-refractivity contribution in [3.8, 4) is 0 Å². The largest absolute Gasteiger partial charge is 0.0587 e. The van der Waals surface area contributed by atoms with Crippen LogP contribution in [-0.2, 0) is 12.8 Å². The zero-order valence-electron chi connectivity index (χ0n) is 9.72. The van der Waals surface area contributed by atoms with Gasteiger partial charge in [0.2, 0.25) is 0 Å². The van der Waals surface area contributed by atoms with Crippen molar-refractivity contribution in [2.24, 2.45) is 0 Å². The summed E-state index contributed by atoms with van der Waals surface area (Å²) < 4.78 is 0. The molecule has 0 bridgehead atoms. The van der Waals surface area contributed by atoms with Crippen molar-refractivity contribution >= 4 is 0 Å². The van der Waals surface area contributed by atoms with Gasteiger partial charge >= 0.3 is 0 Å². The zero-order valence-corrected chi connectivity index (χ0v) is 9.72. The highest BCUT2D eigenvalue weighted by molar-refractivity contribution is 5.49. The van der Waals surface area contributed by atoms with E-state index in [0.29, 0.717) is 11.8 Å². The summed E-state index contributed by atoms with van der Waals surface area (Å²) in [5.41, 5.74) is 6.48. The van der Waals surface area contributed by atoms with Crippen molar-refractivity contribution < 1.29 is 0 Å². The van der Waals surface area contributed by atoms with E-state index >= 15 is 0 Å². The Hall–Kier alpha value is -0.780. The Bertz CT molecular complexity index is 310. The van der Waals surface area contributed by atoms with Crippen molar-refractivity contribution in [2.75, 3.05) is 0 Å². The summed E-state index contributed by atoms with van der Waals surface area (Å²) in [4.78, 5) is 0. The maximum absolute atomic E-state index is 2.35. The van der Waals surface area contributed by atoms with Crippen molar-refractivity contribution in [1.29, 1.82) is 0 Å². The molecule has 0 unspecified atom stereocenters. The average molecular weight is 188 g/mol. The smallest absolute Gasteiger partial charge is 0.0216 e. The van der Waals surface area contributed by atoms with E-state index < -0.39 is 0 Å². The van der Waals surface area contributed by atoms with Crippen molar-refractivity contribution in [1.82, 2.24) is 0 Å². The predicted molar refractivity (Wildman–Crippen MR) is 62.0 cm³/mol. The summed E-state index contributed by atoms with van der Waals surface area (Å²) >= 11 is 0. The molecular weight excluding hydrogens is 168 g/mol. The molecule has 0 aromatic heterocycles. The molecule has 2 rings (SSSR count). The lowest BCUT2D eigenvalue weighted by molar-refractivity contribution is 0.730. The first kappa shape index (κ1) is 9.76. The first-order valence-electron chi connectivity index (χ1n) is 5.75. The van der Waals surface area contributed by atoms with E-state index in [-0.39, 0.29) is 0 Å². The molecular formula is C14H20. The molecule has 0 heteroatoms. The normalized spacial score (nSPS) is 14.4. The van der Waals surface area contributed by atoms with Crippen molar-refractivity contribution in [3.05, 3.63) is 34.4 Å². The number of hydrogen-bond acceptors (Lipinski definition) is 0. The molecule has 1 aliphatic carbocycles. The fourth-order valence-corrected chi connectivity index (χ4v) is 2.47. The molecule has 0 atom stereocenters. The maximum atomic E-state index is 2.35. The number of hydrogen-bond donors (Lipinski definition) is 0. The molecule has 0 heterocycles. The first-order valence-corrected chi connectivity index (χ1v) is 5.75. The second-order valence-corrected chi connectivity index (χ2v) is 5.01. The highest BCUT2D eigenvalue weighted by Crippen LogP contribution is 2.36. The van der Waals surface area contributed by atoms with Gasteiger partial charge in [0.05, 0.1) is 0 Å². The van der Waals surface area contributed by atoms with Gasteiger partial charge in [-0.05, 0) is 46.9 Å². The SMILES string of the molecule is CC(C)c1ccc(C(C)C)c2c1CC2. The molecule has 76 valence electrons. The molecule has 0 fully saturated rings. The highest BCUT2D eigenvalue weighted by Gasteiger charge is 2.22. The number of rotatable bonds is 2. The molecule has 1 aromatic carbocycles. The highest BCUT2D eigenvalue weighted by atomic mass is 14.3. The minimum atomic E-state index is 0.685. The lowest BCUT2D eigenvalue weighted by atomic mass is 9.76. The van der Waals surface area contributed by atoms with Gasteiger partial charge < -0.3 is 0 Å². The molecule has 1 aliphatic rings.